The van der Waals surface area contributed by atoms with Crippen molar-refractivity contribution in [1.82, 2.24) is 0 Å². The molecule has 0 fully saturated rings. The quantitative estimate of drug-likeness (QED) is 0.877. The molecule has 4 nitrogen and oxygen atoms in total. The molecule has 1 aromatic rings. The van der Waals surface area contributed by atoms with E-state index >= 15 is 0 Å². The molecule has 3 N–H and O–H groups in total. The minimum absolute atomic E-state index is 0. The van der Waals surface area contributed by atoms with E-state index < -0.39 is 6.04 Å². The second kappa shape index (κ2) is 8.12. The van der Waals surface area contributed by atoms with Gasteiger partial charge in [-0.15, -0.1) is 12.4 Å². The number of hydrogen-bond acceptors (Lipinski definition) is 3. The Hall–Kier alpha value is -1.26. The zero-order valence-corrected chi connectivity index (χ0v) is 13.4. The van der Waals surface area contributed by atoms with Crippen LogP contribution in [0.3, 0.4) is 0 Å². The van der Waals surface area contributed by atoms with Gasteiger partial charge in [-0.2, -0.15) is 0 Å². The van der Waals surface area contributed by atoms with Crippen LogP contribution in [-0.2, 0) is 4.79 Å². The fourth-order valence-electron chi connectivity index (χ4n) is 1.47. The molecular formula is C15H25ClN2O2. The first-order chi connectivity index (χ1) is 8.84. The number of carbonyl (C=O) groups excluding carboxylic acids is 1. The second-order valence-electron chi connectivity index (χ2n) is 5.71. The summed E-state index contributed by atoms with van der Waals surface area (Å²) in [4.78, 5) is 11.9. The van der Waals surface area contributed by atoms with Crippen LogP contribution in [0.4, 0.5) is 5.69 Å². The Morgan fingerprint density at radius 1 is 1.30 bits per heavy atom. The van der Waals surface area contributed by atoms with E-state index in [9.17, 15) is 4.79 Å². The number of hydrogen-bond donors (Lipinski definition) is 2. The molecule has 0 bridgehead atoms. The number of benzene rings is 1. The molecular weight excluding hydrogens is 276 g/mol. The van der Waals surface area contributed by atoms with Gasteiger partial charge in [0.05, 0.1) is 12.6 Å². The van der Waals surface area contributed by atoms with E-state index in [0.29, 0.717) is 6.61 Å². The van der Waals surface area contributed by atoms with Gasteiger partial charge in [0.2, 0.25) is 5.91 Å². The van der Waals surface area contributed by atoms with Crippen molar-refractivity contribution in [3.8, 4) is 5.75 Å². The van der Waals surface area contributed by atoms with E-state index in [0.717, 1.165) is 17.9 Å². The molecule has 1 amide bonds. The maximum absolute atomic E-state index is 11.9. The third-order valence-corrected chi connectivity index (χ3v) is 2.81. The summed E-state index contributed by atoms with van der Waals surface area (Å²) in [6, 6.07) is 6.78. The van der Waals surface area contributed by atoms with Crippen LogP contribution in [0.15, 0.2) is 24.3 Å². The third-order valence-electron chi connectivity index (χ3n) is 2.81. The number of anilines is 1. The summed E-state index contributed by atoms with van der Waals surface area (Å²) in [5.74, 6) is 0.634. The van der Waals surface area contributed by atoms with Gasteiger partial charge in [0.1, 0.15) is 5.75 Å². The van der Waals surface area contributed by atoms with Crippen LogP contribution in [0.1, 0.15) is 34.1 Å². The zero-order valence-electron chi connectivity index (χ0n) is 12.6. The van der Waals surface area contributed by atoms with Crippen molar-refractivity contribution in [2.45, 2.75) is 40.2 Å². The molecule has 0 radical (unpaired) electrons. The number of rotatable bonds is 5. The van der Waals surface area contributed by atoms with Gasteiger partial charge in [0.25, 0.3) is 0 Å². The number of amides is 1. The van der Waals surface area contributed by atoms with E-state index in [-0.39, 0.29) is 23.7 Å². The molecule has 0 aliphatic carbocycles. The molecule has 5 heteroatoms. The number of ether oxygens (including phenoxy) is 1. The molecule has 0 saturated carbocycles. The lowest BCUT2D eigenvalue weighted by Gasteiger charge is -2.25. The predicted molar refractivity (Wildman–Crippen MR) is 85.5 cm³/mol. The van der Waals surface area contributed by atoms with Gasteiger partial charge in [-0.1, -0.05) is 27.7 Å². The van der Waals surface area contributed by atoms with Crippen molar-refractivity contribution in [2.75, 3.05) is 11.9 Å². The van der Waals surface area contributed by atoms with Gasteiger partial charge in [-0.05, 0) is 36.1 Å². The second-order valence-corrected chi connectivity index (χ2v) is 5.71. The average molecular weight is 301 g/mol. The normalized spacial score (nSPS) is 12.2. The Bertz CT molecular complexity index is 413. The molecule has 20 heavy (non-hydrogen) atoms. The molecule has 0 aliphatic rings. The highest BCUT2D eigenvalue weighted by Gasteiger charge is 2.27. The molecule has 0 aromatic heterocycles. The van der Waals surface area contributed by atoms with E-state index in [1.807, 2.05) is 45.0 Å². The van der Waals surface area contributed by atoms with Crippen LogP contribution < -0.4 is 15.8 Å². The van der Waals surface area contributed by atoms with Crippen molar-refractivity contribution < 1.29 is 9.53 Å². The molecule has 1 atom stereocenters. The van der Waals surface area contributed by atoms with Crippen molar-refractivity contribution in [2.24, 2.45) is 11.1 Å². The monoisotopic (exact) mass is 300 g/mol. The minimum atomic E-state index is -0.538. The van der Waals surface area contributed by atoms with Crippen molar-refractivity contribution in [3.63, 3.8) is 0 Å². The van der Waals surface area contributed by atoms with Crippen LogP contribution in [0, 0.1) is 5.41 Å². The highest BCUT2D eigenvalue weighted by molar-refractivity contribution is 5.95. The van der Waals surface area contributed by atoms with Gasteiger partial charge < -0.3 is 15.8 Å². The number of carbonyl (C=O) groups is 1. The number of nitrogens with one attached hydrogen (secondary N) is 1. The van der Waals surface area contributed by atoms with Crippen molar-refractivity contribution in [1.29, 1.82) is 0 Å². The number of nitrogens with two attached hydrogens (primary N) is 1. The zero-order chi connectivity index (χ0) is 14.5. The topological polar surface area (TPSA) is 64.3 Å². The Labute approximate surface area is 127 Å². The lowest BCUT2D eigenvalue weighted by Crippen LogP contribution is -2.45. The average Bonchev–Trinajstić information content (AvgIpc) is 2.36. The summed E-state index contributed by atoms with van der Waals surface area (Å²) in [5, 5.41) is 2.81. The molecule has 0 heterocycles. The highest BCUT2D eigenvalue weighted by Crippen LogP contribution is 2.20. The van der Waals surface area contributed by atoms with Crippen LogP contribution in [0.5, 0.6) is 5.75 Å². The summed E-state index contributed by atoms with van der Waals surface area (Å²) in [6.07, 6.45) is 0.971. The van der Waals surface area contributed by atoms with Gasteiger partial charge in [0, 0.05) is 5.69 Å². The Morgan fingerprint density at radius 2 is 1.85 bits per heavy atom. The predicted octanol–water partition coefficient (Wildman–Crippen LogP) is 3.21. The van der Waals surface area contributed by atoms with Gasteiger partial charge in [0.15, 0.2) is 0 Å². The molecule has 0 saturated heterocycles. The van der Waals surface area contributed by atoms with E-state index in [4.69, 9.17) is 10.5 Å². The third kappa shape index (κ3) is 5.80. The SMILES string of the molecule is CCCOc1ccc(NC(=O)[C@@H](N)C(C)(C)C)cc1.Cl. The first-order valence-corrected chi connectivity index (χ1v) is 6.64. The first kappa shape index (κ1) is 18.7. The van der Waals surface area contributed by atoms with Crippen LogP contribution in [-0.4, -0.2) is 18.6 Å². The standard InChI is InChI=1S/C15H24N2O2.ClH/c1-5-10-19-12-8-6-11(7-9-12)17-14(18)13(16)15(2,3)4;/h6-9,13H,5,10,16H2,1-4H3,(H,17,18);1H/t13-;/m1./s1. The van der Waals surface area contributed by atoms with E-state index in [1.54, 1.807) is 0 Å². The van der Waals surface area contributed by atoms with Gasteiger partial charge in [-0.3, -0.25) is 4.79 Å². The molecule has 114 valence electrons. The van der Waals surface area contributed by atoms with Crippen molar-refractivity contribution in [3.05, 3.63) is 24.3 Å². The summed E-state index contributed by atoms with van der Waals surface area (Å²) >= 11 is 0. The molecule has 0 unspecified atom stereocenters. The largest absolute Gasteiger partial charge is 0.494 e. The van der Waals surface area contributed by atoms with Crippen LogP contribution in [0.25, 0.3) is 0 Å². The van der Waals surface area contributed by atoms with Gasteiger partial charge >= 0.3 is 0 Å². The molecule has 1 aromatic carbocycles. The first-order valence-electron chi connectivity index (χ1n) is 6.64. The molecule has 0 spiro atoms. The maximum Gasteiger partial charge on any atom is 0.241 e. The van der Waals surface area contributed by atoms with Gasteiger partial charge in [-0.25, -0.2) is 0 Å². The van der Waals surface area contributed by atoms with Crippen LogP contribution >= 0.6 is 12.4 Å². The fourth-order valence-corrected chi connectivity index (χ4v) is 1.47. The summed E-state index contributed by atoms with van der Waals surface area (Å²) in [7, 11) is 0. The molecule has 1 rings (SSSR count). The number of halogens is 1. The lowest BCUT2D eigenvalue weighted by atomic mass is 9.87. The summed E-state index contributed by atoms with van der Waals surface area (Å²) in [5.41, 5.74) is 6.38. The summed E-state index contributed by atoms with van der Waals surface area (Å²) < 4.78 is 5.48. The summed E-state index contributed by atoms with van der Waals surface area (Å²) in [6.45, 7) is 8.58. The smallest absolute Gasteiger partial charge is 0.241 e. The Morgan fingerprint density at radius 3 is 2.30 bits per heavy atom. The highest BCUT2D eigenvalue weighted by atomic mass is 35.5. The fraction of sp³-hybridized carbons (Fsp3) is 0.533. The van der Waals surface area contributed by atoms with E-state index in [2.05, 4.69) is 12.2 Å². The minimum Gasteiger partial charge on any atom is -0.494 e. The Kier molecular flexibility index (Phi) is 7.61. The van der Waals surface area contributed by atoms with E-state index in [1.165, 1.54) is 0 Å². The Balaban J connectivity index is 0.00000361. The van der Waals surface area contributed by atoms with Crippen LogP contribution in [0.2, 0.25) is 0 Å². The lowest BCUT2D eigenvalue weighted by molar-refractivity contribution is -0.119. The maximum atomic E-state index is 11.9. The molecule has 0 aliphatic heterocycles. The van der Waals surface area contributed by atoms with Crippen molar-refractivity contribution >= 4 is 24.0 Å².